The Morgan fingerprint density at radius 3 is 2.62 bits per heavy atom. The number of carbonyl (C=O) groups is 1. The van der Waals surface area contributed by atoms with Gasteiger partial charge in [-0.1, -0.05) is 6.92 Å². The molecular formula is C24H25FN4O4S. The molecule has 3 N–H and O–H groups in total. The van der Waals surface area contributed by atoms with Gasteiger partial charge in [0.15, 0.2) is 0 Å². The molecule has 0 spiro atoms. The molecule has 178 valence electrons. The Morgan fingerprint density at radius 2 is 1.91 bits per heavy atom. The zero-order chi connectivity index (χ0) is 24.3. The first kappa shape index (κ1) is 23.7. The molecule has 2 aromatic heterocycles. The zero-order valence-electron chi connectivity index (χ0n) is 18.6. The van der Waals surface area contributed by atoms with E-state index in [9.17, 15) is 17.6 Å². The third kappa shape index (κ3) is 5.35. The number of hydrogen-bond acceptors (Lipinski definition) is 5. The number of nitrogens with zero attached hydrogens (tertiary/aromatic N) is 2. The lowest BCUT2D eigenvalue weighted by molar-refractivity contribution is -0.121. The number of carbonyl (C=O) groups excluding carboxylic acids is 1. The smallest absolute Gasteiger partial charge is 0.238 e. The van der Waals surface area contributed by atoms with E-state index in [1.54, 1.807) is 30.3 Å². The number of nitrogens with one attached hydrogen (secondary N) is 1. The van der Waals surface area contributed by atoms with Crippen LogP contribution in [0.1, 0.15) is 31.4 Å². The van der Waals surface area contributed by atoms with Crippen LogP contribution in [0.3, 0.4) is 0 Å². The number of benzene rings is 2. The van der Waals surface area contributed by atoms with Gasteiger partial charge in [-0.05, 0) is 61.0 Å². The molecule has 0 bridgehead atoms. The van der Waals surface area contributed by atoms with Crippen molar-refractivity contribution < 1.29 is 22.0 Å². The molecule has 4 aromatic rings. The Labute approximate surface area is 196 Å². The highest BCUT2D eigenvalue weighted by atomic mass is 32.2. The van der Waals surface area contributed by atoms with Gasteiger partial charge >= 0.3 is 0 Å². The van der Waals surface area contributed by atoms with Gasteiger partial charge < -0.3 is 14.3 Å². The van der Waals surface area contributed by atoms with Crippen molar-refractivity contribution in [2.24, 2.45) is 5.14 Å². The van der Waals surface area contributed by atoms with Crippen molar-refractivity contribution in [3.8, 4) is 11.3 Å². The molecule has 0 aliphatic rings. The van der Waals surface area contributed by atoms with E-state index >= 15 is 0 Å². The lowest BCUT2D eigenvalue weighted by Gasteiger charge is -2.08. The molecule has 0 atom stereocenters. The standard InChI is InChI=1S/C24H25FN4O4S/c1-2-13-29-21-9-8-19(34(26,31)32)14-20(21)28-23(29)11-12-24(30)27-15-18-7-10-22(33-18)16-3-5-17(25)6-4-16/h3-10,14H,2,11-13,15H2,1H3,(H,27,30)(H2,26,31,32). The van der Waals surface area contributed by atoms with Gasteiger partial charge in [-0.25, -0.2) is 22.9 Å². The highest BCUT2D eigenvalue weighted by Gasteiger charge is 2.16. The molecule has 2 heterocycles. The minimum atomic E-state index is -3.83. The van der Waals surface area contributed by atoms with E-state index in [0.717, 1.165) is 17.5 Å². The first-order valence-electron chi connectivity index (χ1n) is 10.9. The number of sulfonamides is 1. The van der Waals surface area contributed by atoms with Gasteiger partial charge in [0, 0.05) is 24.9 Å². The maximum Gasteiger partial charge on any atom is 0.238 e. The molecule has 8 nitrogen and oxygen atoms in total. The Morgan fingerprint density at radius 1 is 1.15 bits per heavy atom. The fourth-order valence-corrected chi connectivity index (χ4v) is 4.28. The van der Waals surface area contributed by atoms with Crippen molar-refractivity contribution in [3.05, 3.63) is 72.0 Å². The Bertz CT molecular complexity index is 1430. The van der Waals surface area contributed by atoms with E-state index in [2.05, 4.69) is 10.3 Å². The van der Waals surface area contributed by atoms with Crippen molar-refractivity contribution >= 4 is 27.0 Å². The van der Waals surface area contributed by atoms with E-state index in [1.165, 1.54) is 24.3 Å². The summed E-state index contributed by atoms with van der Waals surface area (Å²) in [5.41, 5.74) is 2.08. The number of primary sulfonamides is 1. The predicted octanol–water partition coefficient (Wildman–Crippen LogP) is 3.74. The first-order valence-corrected chi connectivity index (χ1v) is 12.4. The summed E-state index contributed by atoms with van der Waals surface area (Å²) < 4.78 is 44.2. The SMILES string of the molecule is CCCn1c(CCC(=O)NCc2ccc(-c3ccc(F)cc3)o2)nc2cc(S(N)(=O)=O)ccc21. The summed E-state index contributed by atoms with van der Waals surface area (Å²) in [6.45, 7) is 2.95. The van der Waals surface area contributed by atoms with Crippen LogP contribution in [-0.4, -0.2) is 23.9 Å². The minimum Gasteiger partial charge on any atom is -0.459 e. The van der Waals surface area contributed by atoms with Crippen molar-refractivity contribution in [2.45, 2.75) is 44.2 Å². The van der Waals surface area contributed by atoms with Crippen molar-refractivity contribution in [1.82, 2.24) is 14.9 Å². The number of aromatic nitrogens is 2. The van der Waals surface area contributed by atoms with Crippen molar-refractivity contribution in [3.63, 3.8) is 0 Å². The number of imidazole rings is 1. The number of aryl methyl sites for hydroxylation is 2. The average Bonchev–Trinajstić information content (AvgIpc) is 3.41. The fourth-order valence-electron chi connectivity index (χ4n) is 3.74. The van der Waals surface area contributed by atoms with Crippen LogP contribution >= 0.6 is 0 Å². The number of nitrogens with two attached hydrogens (primary N) is 1. The molecule has 4 rings (SSSR count). The third-order valence-corrected chi connectivity index (χ3v) is 6.31. The van der Waals surface area contributed by atoms with E-state index in [4.69, 9.17) is 9.56 Å². The second-order valence-electron chi connectivity index (χ2n) is 7.92. The van der Waals surface area contributed by atoms with Gasteiger partial charge in [0.25, 0.3) is 0 Å². The molecule has 2 aromatic carbocycles. The molecular weight excluding hydrogens is 459 g/mol. The highest BCUT2D eigenvalue weighted by molar-refractivity contribution is 7.89. The van der Waals surface area contributed by atoms with Gasteiger partial charge in [-0.3, -0.25) is 4.79 Å². The molecule has 34 heavy (non-hydrogen) atoms. The highest BCUT2D eigenvalue weighted by Crippen LogP contribution is 2.23. The third-order valence-electron chi connectivity index (χ3n) is 5.40. The maximum atomic E-state index is 13.1. The van der Waals surface area contributed by atoms with E-state index < -0.39 is 10.0 Å². The number of halogens is 1. The molecule has 0 unspecified atom stereocenters. The molecule has 0 aliphatic carbocycles. The maximum absolute atomic E-state index is 13.1. The Hall–Kier alpha value is -3.50. The quantitative estimate of drug-likeness (QED) is 0.375. The van der Waals surface area contributed by atoms with Crippen LogP contribution in [0.25, 0.3) is 22.4 Å². The molecule has 0 saturated heterocycles. The normalized spacial score (nSPS) is 11.7. The first-order chi connectivity index (χ1) is 16.2. The van der Waals surface area contributed by atoms with Gasteiger partial charge in [-0.2, -0.15) is 0 Å². The summed E-state index contributed by atoms with van der Waals surface area (Å²) in [6.07, 6.45) is 1.46. The monoisotopic (exact) mass is 484 g/mol. The number of rotatable bonds is 9. The van der Waals surface area contributed by atoms with Gasteiger partial charge in [0.05, 0.1) is 22.5 Å². The van der Waals surface area contributed by atoms with Crippen LogP contribution in [0.15, 0.2) is 63.9 Å². The summed E-state index contributed by atoms with van der Waals surface area (Å²) in [4.78, 5) is 17.0. The number of fused-ring (bicyclic) bond motifs is 1. The molecule has 0 aliphatic heterocycles. The molecule has 0 saturated carbocycles. The second kappa shape index (κ2) is 9.78. The lowest BCUT2D eigenvalue weighted by atomic mass is 10.2. The fraction of sp³-hybridized carbons (Fsp3) is 0.250. The number of amides is 1. The molecule has 10 heteroatoms. The predicted molar refractivity (Wildman–Crippen MR) is 126 cm³/mol. The van der Waals surface area contributed by atoms with Crippen molar-refractivity contribution in [2.75, 3.05) is 0 Å². The minimum absolute atomic E-state index is 0.00361. The summed E-state index contributed by atoms with van der Waals surface area (Å²) in [6, 6.07) is 14.1. The topological polar surface area (TPSA) is 120 Å². The van der Waals surface area contributed by atoms with Gasteiger partial charge in [0.2, 0.25) is 15.9 Å². The van der Waals surface area contributed by atoms with Crippen LogP contribution in [0.5, 0.6) is 0 Å². The average molecular weight is 485 g/mol. The van der Waals surface area contributed by atoms with Crippen LogP contribution in [-0.2, 0) is 34.3 Å². The summed E-state index contributed by atoms with van der Waals surface area (Å²) in [5.74, 6) is 1.40. The summed E-state index contributed by atoms with van der Waals surface area (Å²) >= 11 is 0. The second-order valence-corrected chi connectivity index (χ2v) is 9.49. The van der Waals surface area contributed by atoms with Crippen LogP contribution in [0.4, 0.5) is 4.39 Å². The van der Waals surface area contributed by atoms with Crippen LogP contribution < -0.4 is 10.5 Å². The molecule has 0 radical (unpaired) electrons. The van der Waals surface area contributed by atoms with E-state index in [0.29, 0.717) is 35.8 Å². The van der Waals surface area contributed by atoms with E-state index in [-0.39, 0.29) is 29.6 Å². The van der Waals surface area contributed by atoms with Crippen LogP contribution in [0, 0.1) is 5.82 Å². The zero-order valence-corrected chi connectivity index (χ0v) is 19.4. The molecule has 0 fully saturated rings. The summed E-state index contributed by atoms with van der Waals surface area (Å²) in [7, 11) is -3.83. The molecule has 1 amide bonds. The number of furan rings is 1. The number of hydrogen-bond donors (Lipinski definition) is 2. The Balaban J connectivity index is 1.40. The van der Waals surface area contributed by atoms with Crippen LogP contribution in [0.2, 0.25) is 0 Å². The largest absolute Gasteiger partial charge is 0.459 e. The summed E-state index contributed by atoms with van der Waals surface area (Å²) in [5, 5.41) is 8.07. The van der Waals surface area contributed by atoms with Crippen molar-refractivity contribution in [1.29, 1.82) is 0 Å². The van der Waals surface area contributed by atoms with E-state index in [1.807, 2.05) is 11.5 Å². The van der Waals surface area contributed by atoms with Gasteiger partial charge in [0.1, 0.15) is 23.2 Å². The lowest BCUT2D eigenvalue weighted by Crippen LogP contribution is -2.23. The van der Waals surface area contributed by atoms with Gasteiger partial charge in [-0.15, -0.1) is 0 Å². The Kier molecular flexibility index (Phi) is 6.80.